The van der Waals surface area contributed by atoms with Crippen LogP contribution in [0.1, 0.15) is 30.3 Å². The Morgan fingerprint density at radius 2 is 2.40 bits per heavy atom. The van der Waals surface area contributed by atoms with Crippen LogP contribution in [0, 0.1) is 6.92 Å². The van der Waals surface area contributed by atoms with Crippen LogP contribution in [0.5, 0.6) is 0 Å². The molecule has 0 aromatic carbocycles. The van der Waals surface area contributed by atoms with E-state index in [1.54, 1.807) is 0 Å². The van der Waals surface area contributed by atoms with Gasteiger partial charge in [-0.05, 0) is 38.4 Å². The number of hydrogen-bond acceptors (Lipinski definition) is 3. The Balaban J connectivity index is 2.05. The summed E-state index contributed by atoms with van der Waals surface area (Å²) in [7, 11) is 0. The molecule has 0 radical (unpaired) electrons. The number of nitrogens with zero attached hydrogens (tertiary/aromatic N) is 1. The third-order valence-corrected chi connectivity index (χ3v) is 2.94. The first kappa shape index (κ1) is 8.92. The SMILES string of the molecule is Cc1ccc2oc([C@H]3CCCN3)cc2n1. The van der Waals surface area contributed by atoms with Crippen LogP contribution in [0.25, 0.3) is 11.1 Å². The van der Waals surface area contributed by atoms with Gasteiger partial charge in [-0.1, -0.05) is 0 Å². The molecule has 3 nitrogen and oxygen atoms in total. The molecule has 3 heteroatoms. The Hall–Kier alpha value is -1.35. The lowest BCUT2D eigenvalue weighted by Gasteiger charge is -2.04. The Labute approximate surface area is 88.5 Å². The van der Waals surface area contributed by atoms with Crippen molar-refractivity contribution in [2.45, 2.75) is 25.8 Å². The lowest BCUT2D eigenvalue weighted by molar-refractivity contribution is 0.471. The minimum absolute atomic E-state index is 0.388. The molecule has 1 aliphatic heterocycles. The third-order valence-electron chi connectivity index (χ3n) is 2.94. The number of furan rings is 1. The molecule has 0 unspecified atom stereocenters. The molecule has 0 saturated carbocycles. The van der Waals surface area contributed by atoms with Gasteiger partial charge in [0, 0.05) is 11.8 Å². The summed E-state index contributed by atoms with van der Waals surface area (Å²) >= 11 is 0. The van der Waals surface area contributed by atoms with Crippen LogP contribution in [0.3, 0.4) is 0 Å². The van der Waals surface area contributed by atoms with Gasteiger partial charge in [0.2, 0.25) is 0 Å². The summed E-state index contributed by atoms with van der Waals surface area (Å²) in [5.74, 6) is 1.03. The lowest BCUT2D eigenvalue weighted by atomic mass is 10.2. The maximum atomic E-state index is 5.78. The Morgan fingerprint density at radius 3 is 3.20 bits per heavy atom. The van der Waals surface area contributed by atoms with Gasteiger partial charge in [0.05, 0.1) is 6.04 Å². The average molecular weight is 202 g/mol. The number of rotatable bonds is 1. The third kappa shape index (κ3) is 1.53. The van der Waals surface area contributed by atoms with Crippen LogP contribution in [0.4, 0.5) is 0 Å². The van der Waals surface area contributed by atoms with E-state index in [0.29, 0.717) is 6.04 Å². The molecule has 1 saturated heterocycles. The van der Waals surface area contributed by atoms with Crippen molar-refractivity contribution in [3.05, 3.63) is 29.7 Å². The molecule has 1 atom stereocenters. The lowest BCUT2D eigenvalue weighted by Crippen LogP contribution is -2.11. The first-order valence-electron chi connectivity index (χ1n) is 5.43. The zero-order valence-corrected chi connectivity index (χ0v) is 8.79. The molecule has 0 amide bonds. The second-order valence-electron chi connectivity index (χ2n) is 4.13. The fourth-order valence-electron chi connectivity index (χ4n) is 2.14. The van der Waals surface area contributed by atoms with Gasteiger partial charge in [-0.25, -0.2) is 4.98 Å². The molecule has 1 fully saturated rings. The van der Waals surface area contributed by atoms with Crippen molar-refractivity contribution < 1.29 is 4.42 Å². The maximum Gasteiger partial charge on any atom is 0.152 e. The summed E-state index contributed by atoms with van der Waals surface area (Å²) in [6.45, 7) is 3.09. The van der Waals surface area contributed by atoms with Crippen LogP contribution in [0.2, 0.25) is 0 Å². The van der Waals surface area contributed by atoms with E-state index in [1.807, 2.05) is 19.1 Å². The van der Waals surface area contributed by atoms with Gasteiger partial charge >= 0.3 is 0 Å². The van der Waals surface area contributed by atoms with Crippen molar-refractivity contribution in [1.29, 1.82) is 0 Å². The van der Waals surface area contributed by atoms with Crippen LogP contribution in [0.15, 0.2) is 22.6 Å². The summed E-state index contributed by atoms with van der Waals surface area (Å²) in [5.41, 5.74) is 2.90. The maximum absolute atomic E-state index is 5.78. The molecule has 15 heavy (non-hydrogen) atoms. The standard InChI is InChI=1S/C12H14N2O/c1-8-4-5-11-10(14-8)7-12(15-11)9-3-2-6-13-9/h4-5,7,9,13H,2-3,6H2,1H3/t9-/m1/s1. The monoisotopic (exact) mass is 202 g/mol. The average Bonchev–Trinajstić information content (AvgIpc) is 2.84. The van der Waals surface area contributed by atoms with Crippen molar-refractivity contribution in [2.75, 3.05) is 6.54 Å². The van der Waals surface area contributed by atoms with Gasteiger partial charge < -0.3 is 9.73 Å². The molecule has 2 aromatic heterocycles. The van der Waals surface area contributed by atoms with E-state index in [2.05, 4.69) is 16.4 Å². The minimum atomic E-state index is 0.388. The summed E-state index contributed by atoms with van der Waals surface area (Å²) in [4.78, 5) is 4.45. The minimum Gasteiger partial charge on any atom is -0.458 e. The molecule has 1 aliphatic rings. The molecular formula is C12H14N2O. The predicted octanol–water partition coefficient (Wildman–Crippen LogP) is 2.56. The molecule has 78 valence electrons. The highest BCUT2D eigenvalue weighted by Gasteiger charge is 2.20. The molecule has 3 rings (SSSR count). The number of hydrogen-bond donors (Lipinski definition) is 1. The summed E-state index contributed by atoms with van der Waals surface area (Å²) in [6.07, 6.45) is 2.40. The van der Waals surface area contributed by atoms with Crippen molar-refractivity contribution in [3.8, 4) is 0 Å². The van der Waals surface area contributed by atoms with Crippen molar-refractivity contribution in [2.24, 2.45) is 0 Å². The topological polar surface area (TPSA) is 38.1 Å². The normalized spacial score (nSPS) is 21.3. The number of aromatic nitrogens is 1. The highest BCUT2D eigenvalue weighted by atomic mass is 16.3. The van der Waals surface area contributed by atoms with Crippen LogP contribution in [-0.4, -0.2) is 11.5 Å². The van der Waals surface area contributed by atoms with Crippen LogP contribution < -0.4 is 5.32 Å². The molecule has 0 bridgehead atoms. The smallest absolute Gasteiger partial charge is 0.152 e. The zero-order valence-electron chi connectivity index (χ0n) is 8.79. The van der Waals surface area contributed by atoms with E-state index in [0.717, 1.165) is 29.1 Å². The van der Waals surface area contributed by atoms with Gasteiger partial charge in [0.1, 0.15) is 11.3 Å². The molecule has 3 heterocycles. The zero-order chi connectivity index (χ0) is 10.3. The van der Waals surface area contributed by atoms with Crippen molar-refractivity contribution in [3.63, 3.8) is 0 Å². The van der Waals surface area contributed by atoms with Gasteiger partial charge in [-0.15, -0.1) is 0 Å². The molecular weight excluding hydrogens is 188 g/mol. The Bertz CT molecular complexity index is 483. The predicted molar refractivity (Wildman–Crippen MR) is 58.7 cm³/mol. The molecule has 0 spiro atoms. The Morgan fingerprint density at radius 1 is 1.47 bits per heavy atom. The van der Waals surface area contributed by atoms with Crippen LogP contribution in [-0.2, 0) is 0 Å². The molecule has 0 aliphatic carbocycles. The first-order valence-corrected chi connectivity index (χ1v) is 5.43. The van der Waals surface area contributed by atoms with Gasteiger partial charge in [0.25, 0.3) is 0 Å². The molecule has 2 aromatic rings. The van der Waals surface area contributed by atoms with E-state index in [-0.39, 0.29) is 0 Å². The van der Waals surface area contributed by atoms with E-state index >= 15 is 0 Å². The summed E-state index contributed by atoms with van der Waals surface area (Å²) in [6, 6.07) is 6.43. The number of aryl methyl sites for hydroxylation is 1. The molecule has 1 N–H and O–H groups in total. The summed E-state index contributed by atoms with van der Waals surface area (Å²) < 4.78 is 5.78. The van der Waals surface area contributed by atoms with E-state index in [4.69, 9.17) is 4.42 Å². The quantitative estimate of drug-likeness (QED) is 0.772. The first-order chi connectivity index (χ1) is 7.33. The highest BCUT2D eigenvalue weighted by molar-refractivity contribution is 5.73. The largest absolute Gasteiger partial charge is 0.458 e. The van der Waals surface area contributed by atoms with Crippen molar-refractivity contribution in [1.82, 2.24) is 10.3 Å². The van der Waals surface area contributed by atoms with Crippen LogP contribution >= 0.6 is 0 Å². The summed E-state index contributed by atoms with van der Waals surface area (Å²) in [5, 5.41) is 3.43. The Kier molecular flexibility index (Phi) is 1.99. The second kappa shape index (κ2) is 3.35. The number of pyridine rings is 1. The van der Waals surface area contributed by atoms with Gasteiger partial charge in [-0.2, -0.15) is 0 Å². The van der Waals surface area contributed by atoms with Crippen molar-refractivity contribution >= 4 is 11.1 Å². The number of nitrogens with one attached hydrogen (secondary N) is 1. The highest BCUT2D eigenvalue weighted by Crippen LogP contribution is 2.28. The fraction of sp³-hybridized carbons (Fsp3) is 0.417. The van der Waals surface area contributed by atoms with E-state index in [1.165, 1.54) is 12.8 Å². The second-order valence-corrected chi connectivity index (χ2v) is 4.13. The van der Waals surface area contributed by atoms with Gasteiger partial charge in [0.15, 0.2) is 5.58 Å². The van der Waals surface area contributed by atoms with E-state index in [9.17, 15) is 0 Å². The van der Waals surface area contributed by atoms with Gasteiger partial charge in [-0.3, -0.25) is 0 Å². The fourth-order valence-corrected chi connectivity index (χ4v) is 2.14. The number of fused-ring (bicyclic) bond motifs is 1. The van der Waals surface area contributed by atoms with E-state index < -0.39 is 0 Å².